The maximum Gasteiger partial charge on any atom is 0.224 e. The van der Waals surface area contributed by atoms with Gasteiger partial charge in [0.05, 0.1) is 0 Å². The molecule has 0 heterocycles. The van der Waals surface area contributed by atoms with Crippen molar-refractivity contribution in [2.75, 3.05) is 11.1 Å². The molecule has 0 saturated heterocycles. The van der Waals surface area contributed by atoms with Crippen LogP contribution in [-0.2, 0) is 17.0 Å². The van der Waals surface area contributed by atoms with Gasteiger partial charge in [-0.3, -0.25) is 4.79 Å². The molecule has 3 nitrogen and oxygen atoms in total. The van der Waals surface area contributed by atoms with Gasteiger partial charge >= 0.3 is 0 Å². The van der Waals surface area contributed by atoms with Crippen molar-refractivity contribution in [2.45, 2.75) is 44.6 Å². The van der Waals surface area contributed by atoms with E-state index in [2.05, 4.69) is 32.2 Å². The lowest BCUT2D eigenvalue weighted by Gasteiger charge is -2.13. The Kier molecular flexibility index (Phi) is 6.73. The monoisotopic (exact) mass is 342 g/mol. The van der Waals surface area contributed by atoms with Crippen LogP contribution in [0.4, 0.5) is 11.4 Å². The molecule has 128 valence electrons. The lowest BCUT2D eigenvalue weighted by atomic mass is 10.1. The van der Waals surface area contributed by atoms with Crippen LogP contribution >= 0.6 is 11.8 Å². The van der Waals surface area contributed by atoms with Crippen molar-refractivity contribution in [3.63, 3.8) is 0 Å². The largest absolute Gasteiger partial charge is 0.399 e. The Morgan fingerprint density at radius 2 is 1.83 bits per heavy atom. The van der Waals surface area contributed by atoms with Crippen molar-refractivity contribution < 1.29 is 4.79 Å². The fraction of sp³-hybridized carbons (Fsp3) is 0.350. The Morgan fingerprint density at radius 3 is 2.54 bits per heavy atom. The number of thioether (sulfide) groups is 1. The predicted octanol–water partition coefficient (Wildman–Crippen LogP) is 4.79. The highest BCUT2D eigenvalue weighted by atomic mass is 32.2. The van der Waals surface area contributed by atoms with Crippen LogP contribution in [0.2, 0.25) is 0 Å². The number of hydrogen-bond donors (Lipinski definition) is 2. The number of benzene rings is 2. The third-order valence-electron chi connectivity index (χ3n) is 3.97. The van der Waals surface area contributed by atoms with Crippen LogP contribution < -0.4 is 11.1 Å². The van der Waals surface area contributed by atoms with Gasteiger partial charge in [-0.15, -0.1) is 0 Å². The number of aryl methyl sites for hydroxylation is 1. The van der Waals surface area contributed by atoms with Crippen LogP contribution in [0.15, 0.2) is 42.5 Å². The molecule has 0 radical (unpaired) electrons. The predicted molar refractivity (Wildman–Crippen MR) is 105 cm³/mol. The zero-order valence-corrected chi connectivity index (χ0v) is 15.5. The molecular weight excluding hydrogens is 316 g/mol. The van der Waals surface area contributed by atoms with E-state index in [4.69, 9.17) is 5.73 Å². The second-order valence-electron chi connectivity index (χ2n) is 6.20. The van der Waals surface area contributed by atoms with Gasteiger partial charge in [0.15, 0.2) is 0 Å². The summed E-state index contributed by atoms with van der Waals surface area (Å²) in [4.78, 5) is 12.3. The van der Waals surface area contributed by atoms with E-state index in [9.17, 15) is 4.79 Å². The second-order valence-corrected chi connectivity index (χ2v) is 7.76. The summed E-state index contributed by atoms with van der Waals surface area (Å²) in [5.41, 5.74) is 11.0. The highest BCUT2D eigenvalue weighted by Gasteiger charge is 2.09. The molecule has 0 aliphatic carbocycles. The molecule has 0 unspecified atom stereocenters. The number of carbonyl (C=O) groups is 1. The summed E-state index contributed by atoms with van der Waals surface area (Å²) in [5.74, 6) is 0.989. The van der Waals surface area contributed by atoms with Gasteiger partial charge in [0.2, 0.25) is 5.91 Å². The lowest BCUT2D eigenvalue weighted by Crippen LogP contribution is -2.14. The molecule has 24 heavy (non-hydrogen) atoms. The number of amides is 1. The molecule has 0 aliphatic rings. The quantitative estimate of drug-likeness (QED) is 0.711. The van der Waals surface area contributed by atoms with Gasteiger partial charge < -0.3 is 11.1 Å². The van der Waals surface area contributed by atoms with Gasteiger partial charge in [-0.1, -0.05) is 44.2 Å². The van der Waals surface area contributed by atoms with E-state index in [1.807, 2.05) is 48.2 Å². The smallest absolute Gasteiger partial charge is 0.224 e. The molecule has 2 rings (SSSR count). The molecule has 2 aromatic rings. The molecular formula is C20H26N2OS. The van der Waals surface area contributed by atoms with Crippen molar-refractivity contribution in [3.05, 3.63) is 59.2 Å². The van der Waals surface area contributed by atoms with Gasteiger partial charge in [0.25, 0.3) is 0 Å². The molecule has 0 fully saturated rings. The Labute approximate surface area is 149 Å². The third-order valence-corrected chi connectivity index (χ3v) is 5.11. The highest BCUT2D eigenvalue weighted by molar-refractivity contribution is 7.99. The lowest BCUT2D eigenvalue weighted by molar-refractivity contribution is -0.116. The zero-order valence-electron chi connectivity index (χ0n) is 14.6. The fourth-order valence-electron chi connectivity index (χ4n) is 2.45. The minimum Gasteiger partial charge on any atom is -0.399 e. The molecule has 4 heteroatoms. The van der Waals surface area contributed by atoms with E-state index in [1.54, 1.807) is 0 Å². The van der Waals surface area contributed by atoms with E-state index >= 15 is 0 Å². The molecule has 0 saturated carbocycles. The number of carbonyl (C=O) groups excluding carboxylic acids is 1. The molecule has 2 aromatic carbocycles. The Bertz CT molecular complexity index is 698. The second kappa shape index (κ2) is 8.78. The van der Waals surface area contributed by atoms with Gasteiger partial charge in [-0.2, -0.15) is 11.8 Å². The number of nitrogens with two attached hydrogens (primary N) is 1. The number of para-hydroxylation sites is 1. The summed E-state index contributed by atoms with van der Waals surface area (Å²) in [6.45, 7) is 6.46. The van der Waals surface area contributed by atoms with E-state index in [-0.39, 0.29) is 5.91 Å². The first-order valence-corrected chi connectivity index (χ1v) is 9.35. The number of nitrogen functional groups attached to an aromatic ring is 1. The summed E-state index contributed by atoms with van der Waals surface area (Å²) < 4.78 is 0. The summed E-state index contributed by atoms with van der Waals surface area (Å²) in [5, 5.41) is 3.64. The first-order chi connectivity index (χ1) is 11.5. The van der Waals surface area contributed by atoms with E-state index in [1.165, 1.54) is 5.56 Å². The third kappa shape index (κ3) is 5.31. The van der Waals surface area contributed by atoms with Crippen molar-refractivity contribution >= 4 is 29.0 Å². The number of nitrogens with one attached hydrogen (secondary N) is 1. The van der Waals surface area contributed by atoms with Crippen molar-refractivity contribution in [1.82, 2.24) is 0 Å². The van der Waals surface area contributed by atoms with Gasteiger partial charge in [-0.25, -0.2) is 0 Å². The fourth-order valence-corrected chi connectivity index (χ4v) is 3.28. The van der Waals surface area contributed by atoms with Crippen LogP contribution in [0.1, 0.15) is 37.0 Å². The van der Waals surface area contributed by atoms with Crippen molar-refractivity contribution in [1.29, 1.82) is 0 Å². The average Bonchev–Trinajstić information content (AvgIpc) is 2.55. The first-order valence-electron chi connectivity index (χ1n) is 8.30. The summed E-state index contributed by atoms with van der Waals surface area (Å²) >= 11 is 1.91. The molecule has 0 atom stereocenters. The topological polar surface area (TPSA) is 55.1 Å². The maximum atomic E-state index is 12.3. The molecule has 0 aliphatic heterocycles. The maximum absolute atomic E-state index is 12.3. The summed E-state index contributed by atoms with van der Waals surface area (Å²) in [6.07, 6.45) is 1.08. The minimum atomic E-state index is 0.0232. The van der Waals surface area contributed by atoms with Gasteiger partial charge in [-0.05, 0) is 47.4 Å². The normalized spacial score (nSPS) is 10.8. The van der Waals surface area contributed by atoms with Gasteiger partial charge in [0, 0.05) is 23.5 Å². The SMILES string of the molecule is Cc1c(CSC(C)C)cccc1NC(=O)CCc1ccccc1N. The Morgan fingerprint density at radius 1 is 1.12 bits per heavy atom. The average molecular weight is 343 g/mol. The number of rotatable bonds is 7. The number of hydrogen-bond acceptors (Lipinski definition) is 3. The minimum absolute atomic E-state index is 0.0232. The van der Waals surface area contributed by atoms with E-state index in [0.29, 0.717) is 18.1 Å². The van der Waals surface area contributed by atoms with Crippen LogP contribution in [0.3, 0.4) is 0 Å². The van der Waals surface area contributed by atoms with Crippen molar-refractivity contribution in [3.8, 4) is 0 Å². The standard InChI is InChI=1S/C20H26N2OS/c1-14(2)24-13-17-8-6-10-19(15(17)3)22-20(23)12-11-16-7-4-5-9-18(16)21/h4-10,14H,11-13,21H2,1-3H3,(H,22,23). The molecule has 3 N–H and O–H groups in total. The Hall–Kier alpha value is -1.94. The molecule has 0 aromatic heterocycles. The molecule has 0 spiro atoms. The van der Waals surface area contributed by atoms with Crippen LogP contribution in [0.25, 0.3) is 0 Å². The van der Waals surface area contributed by atoms with Gasteiger partial charge in [0.1, 0.15) is 0 Å². The molecule has 1 amide bonds. The number of anilines is 2. The van der Waals surface area contributed by atoms with E-state index in [0.717, 1.165) is 28.3 Å². The highest BCUT2D eigenvalue weighted by Crippen LogP contribution is 2.25. The summed E-state index contributed by atoms with van der Waals surface area (Å²) in [6, 6.07) is 13.8. The zero-order chi connectivity index (χ0) is 17.5. The van der Waals surface area contributed by atoms with Crippen LogP contribution in [0.5, 0.6) is 0 Å². The summed E-state index contributed by atoms with van der Waals surface area (Å²) in [7, 11) is 0. The Balaban J connectivity index is 1.96. The van der Waals surface area contributed by atoms with Crippen LogP contribution in [0, 0.1) is 6.92 Å². The van der Waals surface area contributed by atoms with Crippen molar-refractivity contribution in [2.24, 2.45) is 0 Å². The van der Waals surface area contributed by atoms with Crippen LogP contribution in [-0.4, -0.2) is 11.2 Å². The first kappa shape index (κ1) is 18.4. The van der Waals surface area contributed by atoms with E-state index < -0.39 is 0 Å². The molecule has 0 bridgehead atoms.